The fourth-order valence-electron chi connectivity index (χ4n) is 2.38. The van der Waals surface area contributed by atoms with Gasteiger partial charge in [-0.05, 0) is 19.9 Å². The summed E-state index contributed by atoms with van der Waals surface area (Å²) < 4.78 is 10.4. The first-order chi connectivity index (χ1) is 10.1. The molecule has 6 heteroatoms. The maximum absolute atomic E-state index is 12.4. The maximum Gasteiger partial charge on any atom is 0.257 e. The Morgan fingerprint density at radius 3 is 2.62 bits per heavy atom. The van der Waals surface area contributed by atoms with Crippen LogP contribution in [-0.4, -0.2) is 61.0 Å². The van der Waals surface area contributed by atoms with Crippen LogP contribution in [0.2, 0.25) is 0 Å². The highest BCUT2D eigenvalue weighted by Crippen LogP contribution is 2.12. The van der Waals surface area contributed by atoms with Gasteiger partial charge in [-0.15, -0.1) is 0 Å². The van der Waals surface area contributed by atoms with Gasteiger partial charge in [0.05, 0.1) is 25.0 Å². The molecule has 116 valence electrons. The van der Waals surface area contributed by atoms with Gasteiger partial charge in [0.15, 0.2) is 0 Å². The highest BCUT2D eigenvalue weighted by molar-refractivity contribution is 5.95. The van der Waals surface area contributed by atoms with Gasteiger partial charge in [0.25, 0.3) is 5.91 Å². The number of hydrogen-bond donors (Lipinski definition) is 0. The molecule has 0 unspecified atom stereocenters. The van der Waals surface area contributed by atoms with Crippen LogP contribution in [0.4, 0.5) is 0 Å². The maximum atomic E-state index is 12.4. The average Bonchev–Trinajstić information content (AvgIpc) is 2.94. The standard InChI is InChI=1S/C15H22N2O4/c1-3-16(15(19)13-5-9-21-12(13)2)6-4-14(18)17-7-10-20-11-8-17/h5,9H,3-4,6-8,10-11H2,1-2H3. The molecule has 0 spiro atoms. The first kappa shape index (κ1) is 15.6. The number of carbonyl (C=O) groups excluding carboxylic acids is 2. The van der Waals surface area contributed by atoms with Crippen LogP contribution in [0.1, 0.15) is 29.5 Å². The SMILES string of the molecule is CCN(CCC(=O)N1CCOCC1)C(=O)c1ccoc1C. The Labute approximate surface area is 124 Å². The fourth-order valence-corrected chi connectivity index (χ4v) is 2.38. The smallest absolute Gasteiger partial charge is 0.257 e. The predicted octanol–water partition coefficient (Wildman–Crippen LogP) is 1.30. The van der Waals surface area contributed by atoms with Crippen LogP contribution in [0, 0.1) is 6.92 Å². The topological polar surface area (TPSA) is 63.0 Å². The van der Waals surface area contributed by atoms with Gasteiger partial charge >= 0.3 is 0 Å². The van der Waals surface area contributed by atoms with E-state index in [4.69, 9.17) is 9.15 Å². The summed E-state index contributed by atoms with van der Waals surface area (Å²) in [5, 5.41) is 0. The number of aryl methyl sites for hydroxylation is 1. The Hall–Kier alpha value is -1.82. The van der Waals surface area contributed by atoms with Gasteiger partial charge in [-0.1, -0.05) is 0 Å². The summed E-state index contributed by atoms with van der Waals surface area (Å²) >= 11 is 0. The van der Waals surface area contributed by atoms with Crippen LogP contribution in [0.3, 0.4) is 0 Å². The van der Waals surface area contributed by atoms with Crippen molar-refractivity contribution in [2.45, 2.75) is 20.3 Å². The second-order valence-corrected chi connectivity index (χ2v) is 5.02. The Balaban J connectivity index is 1.89. The van der Waals surface area contributed by atoms with E-state index in [-0.39, 0.29) is 11.8 Å². The van der Waals surface area contributed by atoms with E-state index in [9.17, 15) is 9.59 Å². The monoisotopic (exact) mass is 294 g/mol. The summed E-state index contributed by atoms with van der Waals surface area (Å²) in [7, 11) is 0. The van der Waals surface area contributed by atoms with E-state index in [1.54, 1.807) is 22.8 Å². The Bertz CT molecular complexity index is 492. The number of hydrogen-bond acceptors (Lipinski definition) is 4. The fraction of sp³-hybridized carbons (Fsp3) is 0.600. The third kappa shape index (κ3) is 3.85. The number of rotatable bonds is 5. The minimum Gasteiger partial charge on any atom is -0.469 e. The van der Waals surface area contributed by atoms with E-state index < -0.39 is 0 Å². The second-order valence-electron chi connectivity index (χ2n) is 5.02. The van der Waals surface area contributed by atoms with Crippen molar-refractivity contribution >= 4 is 11.8 Å². The summed E-state index contributed by atoms with van der Waals surface area (Å²) in [5.74, 6) is 0.602. The van der Waals surface area contributed by atoms with E-state index in [1.165, 1.54) is 6.26 Å². The minimum absolute atomic E-state index is 0.0773. The molecule has 1 aliphatic rings. The van der Waals surface area contributed by atoms with Gasteiger partial charge in [-0.3, -0.25) is 9.59 Å². The van der Waals surface area contributed by atoms with Gasteiger partial charge in [0.1, 0.15) is 5.76 Å². The van der Waals surface area contributed by atoms with E-state index >= 15 is 0 Å². The largest absolute Gasteiger partial charge is 0.469 e. The van der Waals surface area contributed by atoms with Crippen LogP contribution < -0.4 is 0 Å². The van der Waals surface area contributed by atoms with Gasteiger partial charge < -0.3 is 19.0 Å². The summed E-state index contributed by atoms with van der Waals surface area (Å²) in [6.07, 6.45) is 1.85. The van der Waals surface area contributed by atoms with Crippen molar-refractivity contribution in [1.29, 1.82) is 0 Å². The average molecular weight is 294 g/mol. The normalized spacial score (nSPS) is 15.0. The Kier molecular flexibility index (Phi) is 5.38. The van der Waals surface area contributed by atoms with Crippen LogP contribution in [0.25, 0.3) is 0 Å². The molecule has 21 heavy (non-hydrogen) atoms. The molecule has 1 saturated heterocycles. The molecule has 1 fully saturated rings. The van der Waals surface area contributed by atoms with E-state index in [0.29, 0.717) is 57.1 Å². The predicted molar refractivity (Wildman–Crippen MR) is 77.0 cm³/mol. The molecular weight excluding hydrogens is 272 g/mol. The number of carbonyl (C=O) groups is 2. The molecule has 2 heterocycles. The van der Waals surface area contributed by atoms with Crippen molar-refractivity contribution in [3.05, 3.63) is 23.7 Å². The molecule has 1 aromatic rings. The third-order valence-corrected chi connectivity index (χ3v) is 3.72. The van der Waals surface area contributed by atoms with Crippen LogP contribution >= 0.6 is 0 Å². The molecule has 1 aliphatic heterocycles. The number of ether oxygens (including phenoxy) is 1. The molecular formula is C15H22N2O4. The highest BCUT2D eigenvalue weighted by Gasteiger charge is 2.21. The number of nitrogens with zero attached hydrogens (tertiary/aromatic N) is 2. The molecule has 0 radical (unpaired) electrons. The lowest BCUT2D eigenvalue weighted by Gasteiger charge is -2.28. The lowest BCUT2D eigenvalue weighted by molar-refractivity contribution is -0.135. The Morgan fingerprint density at radius 2 is 2.05 bits per heavy atom. The molecule has 0 saturated carbocycles. The summed E-state index contributed by atoms with van der Waals surface area (Å²) in [5.41, 5.74) is 0.565. The zero-order valence-corrected chi connectivity index (χ0v) is 12.6. The van der Waals surface area contributed by atoms with E-state index in [0.717, 1.165) is 0 Å². The zero-order chi connectivity index (χ0) is 15.2. The summed E-state index contributed by atoms with van der Waals surface area (Å²) in [6, 6.07) is 1.67. The molecule has 0 aromatic carbocycles. The molecule has 0 bridgehead atoms. The first-order valence-corrected chi connectivity index (χ1v) is 7.32. The molecule has 0 aliphatic carbocycles. The zero-order valence-electron chi connectivity index (χ0n) is 12.6. The van der Waals surface area contributed by atoms with E-state index in [1.807, 2.05) is 6.92 Å². The minimum atomic E-state index is -0.0847. The van der Waals surface area contributed by atoms with Crippen molar-refractivity contribution in [1.82, 2.24) is 9.80 Å². The second kappa shape index (κ2) is 7.26. The van der Waals surface area contributed by atoms with Crippen molar-refractivity contribution in [3.8, 4) is 0 Å². The Morgan fingerprint density at radius 1 is 1.33 bits per heavy atom. The quantitative estimate of drug-likeness (QED) is 0.821. The lowest BCUT2D eigenvalue weighted by atomic mass is 10.2. The van der Waals surface area contributed by atoms with Crippen molar-refractivity contribution in [3.63, 3.8) is 0 Å². The number of furan rings is 1. The summed E-state index contributed by atoms with van der Waals surface area (Å²) in [4.78, 5) is 27.9. The van der Waals surface area contributed by atoms with Crippen molar-refractivity contribution < 1.29 is 18.7 Å². The first-order valence-electron chi connectivity index (χ1n) is 7.32. The molecule has 6 nitrogen and oxygen atoms in total. The van der Waals surface area contributed by atoms with Crippen LogP contribution in [-0.2, 0) is 9.53 Å². The molecule has 2 rings (SSSR count). The summed E-state index contributed by atoms with van der Waals surface area (Å²) in [6.45, 7) is 7.13. The number of amides is 2. The third-order valence-electron chi connectivity index (χ3n) is 3.72. The van der Waals surface area contributed by atoms with Gasteiger partial charge in [0.2, 0.25) is 5.91 Å². The van der Waals surface area contributed by atoms with Crippen molar-refractivity contribution in [2.75, 3.05) is 39.4 Å². The van der Waals surface area contributed by atoms with Gasteiger partial charge in [-0.2, -0.15) is 0 Å². The van der Waals surface area contributed by atoms with E-state index in [2.05, 4.69) is 0 Å². The molecule has 0 N–H and O–H groups in total. The molecule has 1 aromatic heterocycles. The van der Waals surface area contributed by atoms with Gasteiger partial charge in [-0.25, -0.2) is 0 Å². The molecule has 2 amide bonds. The van der Waals surface area contributed by atoms with Crippen LogP contribution in [0.5, 0.6) is 0 Å². The van der Waals surface area contributed by atoms with Gasteiger partial charge in [0, 0.05) is 32.6 Å². The lowest BCUT2D eigenvalue weighted by Crippen LogP contribution is -2.42. The van der Waals surface area contributed by atoms with Crippen LogP contribution in [0.15, 0.2) is 16.7 Å². The highest BCUT2D eigenvalue weighted by atomic mass is 16.5. The van der Waals surface area contributed by atoms with Crippen molar-refractivity contribution in [2.24, 2.45) is 0 Å². The number of morpholine rings is 1. The molecule has 0 atom stereocenters.